The molecule has 0 spiro atoms. The average molecular weight is 280 g/mol. The molecule has 0 N–H and O–H groups in total. The zero-order valence-corrected chi connectivity index (χ0v) is 12.2. The Hall–Kier alpha value is -1.55. The van der Waals surface area contributed by atoms with Crippen LogP contribution in [-0.2, 0) is 17.8 Å². The van der Waals surface area contributed by atoms with Crippen LogP contribution in [0.15, 0.2) is 18.2 Å². The number of imidazole rings is 1. The van der Waals surface area contributed by atoms with Crippen LogP contribution >= 0.6 is 11.6 Å². The summed E-state index contributed by atoms with van der Waals surface area (Å²) in [5.74, 6) is 1.42. The number of alkyl halides is 1. The third-order valence-electron chi connectivity index (χ3n) is 3.09. The molecule has 0 saturated heterocycles. The molecule has 0 radical (unpaired) electrons. The fourth-order valence-electron chi connectivity index (χ4n) is 2.01. The summed E-state index contributed by atoms with van der Waals surface area (Å²) < 4.78 is 1.97. The summed E-state index contributed by atoms with van der Waals surface area (Å²) in [4.78, 5) is 18.1. The highest BCUT2D eigenvalue weighted by Crippen LogP contribution is 2.18. The quantitative estimate of drug-likeness (QED) is 0.805. The Bertz CT molecular complexity index is 604. The molecule has 0 saturated carbocycles. The van der Waals surface area contributed by atoms with Crippen LogP contribution in [0.25, 0.3) is 11.0 Å². The third kappa shape index (κ3) is 2.89. The minimum Gasteiger partial charge on any atom is -0.347 e. The number of likely N-dealkylation sites (N-methyl/N-ethyl adjacent to an activating group) is 1. The Morgan fingerprint density at radius 1 is 1.42 bits per heavy atom. The van der Waals surface area contributed by atoms with Gasteiger partial charge in [-0.25, -0.2) is 4.98 Å². The lowest BCUT2D eigenvalue weighted by Gasteiger charge is -2.13. The fourth-order valence-corrected chi connectivity index (χ4v) is 2.18. The second kappa shape index (κ2) is 5.61. The zero-order chi connectivity index (χ0) is 14.0. The molecular formula is C14H18ClN3O. The molecule has 0 atom stereocenters. The maximum absolute atomic E-state index is 11.9. The van der Waals surface area contributed by atoms with Crippen molar-refractivity contribution in [3.8, 4) is 0 Å². The van der Waals surface area contributed by atoms with Crippen molar-refractivity contribution >= 4 is 28.5 Å². The van der Waals surface area contributed by atoms with Crippen LogP contribution in [0.5, 0.6) is 0 Å². The Morgan fingerprint density at radius 3 is 2.79 bits per heavy atom. The largest absolute Gasteiger partial charge is 0.347 e. The topological polar surface area (TPSA) is 38.1 Å². The molecule has 1 aromatic carbocycles. The smallest absolute Gasteiger partial charge is 0.242 e. The van der Waals surface area contributed by atoms with Gasteiger partial charge in [-0.15, -0.1) is 11.6 Å². The van der Waals surface area contributed by atoms with Crippen LogP contribution in [0.4, 0.5) is 0 Å². The molecule has 1 heterocycles. The van der Waals surface area contributed by atoms with Gasteiger partial charge in [0.25, 0.3) is 0 Å². The van der Waals surface area contributed by atoms with Crippen molar-refractivity contribution in [3.05, 3.63) is 29.6 Å². The zero-order valence-electron chi connectivity index (χ0n) is 11.5. The maximum Gasteiger partial charge on any atom is 0.242 e. The lowest BCUT2D eigenvalue weighted by atomic mass is 10.2. The van der Waals surface area contributed by atoms with Gasteiger partial charge in [0.2, 0.25) is 5.91 Å². The van der Waals surface area contributed by atoms with Gasteiger partial charge in [0.05, 0.1) is 11.0 Å². The molecule has 0 fully saturated rings. The van der Waals surface area contributed by atoms with E-state index >= 15 is 0 Å². The van der Waals surface area contributed by atoms with Crippen molar-refractivity contribution in [2.75, 3.05) is 20.0 Å². The number of hydrogen-bond donors (Lipinski definition) is 0. The number of hydrogen-bond acceptors (Lipinski definition) is 2. The molecule has 0 aliphatic rings. The second-order valence-electron chi connectivity index (χ2n) is 4.83. The maximum atomic E-state index is 11.9. The molecule has 0 aliphatic carbocycles. The van der Waals surface area contributed by atoms with Gasteiger partial charge in [-0.1, -0.05) is 6.07 Å². The van der Waals surface area contributed by atoms with E-state index in [1.54, 1.807) is 19.0 Å². The number of carbonyl (C=O) groups excluding carboxylic acids is 1. The van der Waals surface area contributed by atoms with Crippen LogP contribution in [0.1, 0.15) is 11.4 Å². The summed E-state index contributed by atoms with van der Waals surface area (Å²) in [6.07, 6.45) is 0.663. The molecule has 1 amide bonds. The lowest BCUT2D eigenvalue weighted by Crippen LogP contribution is -2.27. The van der Waals surface area contributed by atoms with E-state index in [9.17, 15) is 4.79 Å². The Balaban J connectivity index is 2.50. The monoisotopic (exact) mass is 279 g/mol. The van der Waals surface area contributed by atoms with Crippen LogP contribution < -0.4 is 0 Å². The Morgan fingerprint density at radius 2 is 2.16 bits per heavy atom. The number of fused-ring (bicyclic) bond motifs is 1. The molecule has 4 nitrogen and oxygen atoms in total. The first kappa shape index (κ1) is 13.9. The molecule has 5 heteroatoms. The van der Waals surface area contributed by atoms with Crippen LogP contribution in [0.3, 0.4) is 0 Å². The van der Waals surface area contributed by atoms with E-state index in [1.165, 1.54) is 0 Å². The molecule has 0 aliphatic heterocycles. The van der Waals surface area contributed by atoms with Gasteiger partial charge in [0.1, 0.15) is 12.4 Å². The summed E-state index contributed by atoms with van der Waals surface area (Å²) in [6, 6.07) is 6.07. The number of aryl methyl sites for hydroxylation is 2. The normalized spacial score (nSPS) is 10.9. The third-order valence-corrected chi connectivity index (χ3v) is 3.28. The van der Waals surface area contributed by atoms with Crippen LogP contribution in [0.2, 0.25) is 0 Å². The van der Waals surface area contributed by atoms with Gasteiger partial charge < -0.3 is 9.47 Å². The van der Waals surface area contributed by atoms with Gasteiger partial charge in [0.15, 0.2) is 0 Å². The molecule has 2 rings (SSSR count). The number of nitrogens with zero attached hydrogens (tertiary/aromatic N) is 3. The van der Waals surface area contributed by atoms with Crippen molar-refractivity contribution in [1.82, 2.24) is 14.5 Å². The van der Waals surface area contributed by atoms with Gasteiger partial charge in [-0.05, 0) is 24.6 Å². The van der Waals surface area contributed by atoms with E-state index in [2.05, 4.69) is 11.1 Å². The molecular weight excluding hydrogens is 262 g/mol. The highest BCUT2D eigenvalue weighted by molar-refractivity contribution is 6.17. The number of amides is 1. The number of halogens is 1. The van der Waals surface area contributed by atoms with E-state index < -0.39 is 0 Å². The van der Waals surface area contributed by atoms with Crippen LogP contribution in [0, 0.1) is 6.92 Å². The summed E-state index contributed by atoms with van der Waals surface area (Å²) in [5, 5.41) is 0. The molecule has 0 unspecified atom stereocenters. The minimum atomic E-state index is 0.0524. The first-order chi connectivity index (χ1) is 9.02. The molecule has 102 valence electrons. The van der Waals surface area contributed by atoms with Crippen molar-refractivity contribution < 1.29 is 4.79 Å². The summed E-state index contributed by atoms with van der Waals surface area (Å²) >= 11 is 5.82. The number of aromatic nitrogens is 2. The molecule has 19 heavy (non-hydrogen) atoms. The average Bonchev–Trinajstić information content (AvgIpc) is 2.68. The molecule has 1 aromatic heterocycles. The van der Waals surface area contributed by atoms with E-state index in [4.69, 9.17) is 11.6 Å². The SMILES string of the molecule is Cc1ccc2nc(CCCl)n(CC(=O)N(C)C)c2c1. The predicted molar refractivity (Wildman–Crippen MR) is 77.6 cm³/mol. The first-order valence-corrected chi connectivity index (χ1v) is 6.78. The number of benzene rings is 1. The van der Waals surface area contributed by atoms with Crippen molar-refractivity contribution in [1.29, 1.82) is 0 Å². The van der Waals surface area contributed by atoms with E-state index in [-0.39, 0.29) is 5.91 Å². The van der Waals surface area contributed by atoms with Crippen LogP contribution in [-0.4, -0.2) is 40.3 Å². The van der Waals surface area contributed by atoms with E-state index in [1.807, 2.05) is 23.6 Å². The van der Waals surface area contributed by atoms with Crippen molar-refractivity contribution in [2.24, 2.45) is 0 Å². The fraction of sp³-hybridized carbons (Fsp3) is 0.429. The minimum absolute atomic E-state index is 0.0524. The predicted octanol–water partition coefficient (Wildman–Crippen LogP) is 2.21. The lowest BCUT2D eigenvalue weighted by molar-refractivity contribution is -0.129. The number of carbonyl (C=O) groups is 1. The Labute approximate surface area is 118 Å². The van der Waals surface area contributed by atoms with E-state index in [0.29, 0.717) is 18.8 Å². The first-order valence-electron chi connectivity index (χ1n) is 6.25. The molecule has 2 aromatic rings. The van der Waals surface area contributed by atoms with Gasteiger partial charge in [0, 0.05) is 26.4 Å². The van der Waals surface area contributed by atoms with Crippen molar-refractivity contribution in [3.63, 3.8) is 0 Å². The summed E-state index contributed by atoms with van der Waals surface area (Å²) in [5.41, 5.74) is 3.07. The Kier molecular flexibility index (Phi) is 4.10. The van der Waals surface area contributed by atoms with E-state index in [0.717, 1.165) is 22.4 Å². The summed E-state index contributed by atoms with van der Waals surface area (Å²) in [7, 11) is 3.52. The molecule has 0 bridgehead atoms. The van der Waals surface area contributed by atoms with Gasteiger partial charge >= 0.3 is 0 Å². The number of rotatable bonds is 4. The highest BCUT2D eigenvalue weighted by Gasteiger charge is 2.14. The highest BCUT2D eigenvalue weighted by atomic mass is 35.5. The van der Waals surface area contributed by atoms with Gasteiger partial charge in [-0.3, -0.25) is 4.79 Å². The summed E-state index contributed by atoms with van der Waals surface area (Å²) in [6.45, 7) is 2.34. The van der Waals surface area contributed by atoms with Gasteiger partial charge in [-0.2, -0.15) is 0 Å². The standard InChI is InChI=1S/C14H18ClN3O/c1-10-4-5-11-12(8-10)18(9-14(19)17(2)3)13(16-11)6-7-15/h4-5,8H,6-7,9H2,1-3H3. The second-order valence-corrected chi connectivity index (χ2v) is 5.21. The van der Waals surface area contributed by atoms with Crippen molar-refractivity contribution in [2.45, 2.75) is 19.9 Å².